The largest absolute Gasteiger partial charge is 0.483 e. The van der Waals surface area contributed by atoms with Crippen molar-refractivity contribution in [1.29, 1.82) is 0 Å². The minimum atomic E-state index is -5.32. The van der Waals surface area contributed by atoms with Crippen LogP contribution in [-0.2, 0) is 41.6 Å². The third-order valence-electron chi connectivity index (χ3n) is 4.87. The fraction of sp³-hybridized carbons (Fsp3) is 0.625. The summed E-state index contributed by atoms with van der Waals surface area (Å²) >= 11 is 0. The molecule has 0 amide bonds. The highest BCUT2D eigenvalue weighted by molar-refractivity contribution is 7.61. The number of carbonyl (C=O) groups excluding carboxylic acids is 2. The van der Waals surface area contributed by atoms with Crippen molar-refractivity contribution in [3.63, 3.8) is 0 Å². The second-order valence-electron chi connectivity index (χ2n) is 7.53. The molecule has 3 rings (SSSR count). The summed E-state index contributed by atoms with van der Waals surface area (Å²) in [6.07, 6.45) is -6.13. The van der Waals surface area contributed by atoms with Gasteiger partial charge in [-0.25, -0.2) is 13.9 Å². The van der Waals surface area contributed by atoms with E-state index in [1.54, 1.807) is 0 Å². The van der Waals surface area contributed by atoms with Crippen molar-refractivity contribution >= 4 is 27.2 Å². The lowest BCUT2D eigenvalue weighted by Crippen LogP contribution is -2.41. The Morgan fingerprint density at radius 3 is 2.50 bits per heavy atom. The molecule has 7 atom stereocenters. The van der Waals surface area contributed by atoms with Gasteiger partial charge in [0.05, 0.1) is 19.1 Å². The van der Waals surface area contributed by atoms with Crippen molar-refractivity contribution in [3.05, 3.63) is 32.6 Å². The number of aliphatic hydroxyl groups is 1. The normalized spacial score (nSPS) is 31.3. The van der Waals surface area contributed by atoms with E-state index in [1.165, 1.54) is 20.0 Å². The summed E-state index contributed by atoms with van der Waals surface area (Å²) in [6.45, 7) is 1.86. The number of phosphoric ester groups is 2. The van der Waals surface area contributed by atoms with Crippen LogP contribution in [0.25, 0.3) is 0 Å². The summed E-state index contributed by atoms with van der Waals surface area (Å²) in [4.78, 5) is 68.0. The maximum atomic E-state index is 12.1. The summed E-state index contributed by atoms with van der Waals surface area (Å²) in [5, 5.41) is 10.1. The molecule has 2 aliphatic rings. The maximum Gasteiger partial charge on any atom is 0.483 e. The first-order chi connectivity index (χ1) is 15.7. The Morgan fingerprint density at radius 1 is 1.18 bits per heavy atom. The lowest BCUT2D eigenvalue weighted by atomic mass is 10.1. The van der Waals surface area contributed by atoms with Gasteiger partial charge in [0, 0.05) is 18.2 Å². The number of hydrogen-bond donors (Lipinski definition) is 4. The number of aryl methyl sites for hydroxylation is 1. The first-order valence-corrected chi connectivity index (χ1v) is 12.7. The topological polar surface area (TPSA) is 230 Å². The Hall–Kier alpha value is -1.84. The number of aromatic nitrogens is 2. The van der Waals surface area contributed by atoms with Crippen LogP contribution in [0.2, 0.25) is 0 Å². The number of rotatable bonds is 8. The van der Waals surface area contributed by atoms with E-state index < -0.39 is 82.3 Å². The van der Waals surface area contributed by atoms with E-state index in [-0.39, 0.29) is 12.0 Å². The average molecular weight is 528 g/mol. The van der Waals surface area contributed by atoms with Crippen LogP contribution in [0.5, 0.6) is 0 Å². The van der Waals surface area contributed by atoms with Crippen LogP contribution in [0.3, 0.4) is 0 Å². The van der Waals surface area contributed by atoms with Crippen molar-refractivity contribution in [3.8, 4) is 0 Å². The molecule has 0 bridgehead atoms. The van der Waals surface area contributed by atoms with Gasteiger partial charge in [-0.3, -0.25) is 33.0 Å². The van der Waals surface area contributed by atoms with E-state index in [0.29, 0.717) is 0 Å². The Kier molecular flexibility index (Phi) is 7.89. The van der Waals surface area contributed by atoms with Crippen LogP contribution in [0.15, 0.2) is 15.8 Å². The van der Waals surface area contributed by atoms with Crippen molar-refractivity contribution in [2.75, 3.05) is 6.61 Å². The predicted octanol–water partition coefficient (Wildman–Crippen LogP) is -0.983. The van der Waals surface area contributed by atoms with Gasteiger partial charge < -0.3 is 24.4 Å². The monoisotopic (exact) mass is 528 g/mol. The molecule has 190 valence electrons. The second kappa shape index (κ2) is 10.0. The lowest BCUT2D eigenvalue weighted by molar-refractivity contribution is -0.174. The van der Waals surface area contributed by atoms with E-state index in [4.69, 9.17) is 9.47 Å². The van der Waals surface area contributed by atoms with Gasteiger partial charge in [0.25, 0.3) is 5.56 Å². The number of hydrogen-bond acceptors (Lipinski definition) is 12. The summed E-state index contributed by atoms with van der Waals surface area (Å²) < 4.78 is 48.9. The number of H-pyrrole nitrogens is 1. The van der Waals surface area contributed by atoms with Crippen LogP contribution in [0.4, 0.5) is 0 Å². The zero-order chi connectivity index (χ0) is 25.4. The highest BCUT2D eigenvalue weighted by Crippen LogP contribution is 2.61. The first-order valence-electron chi connectivity index (χ1n) is 9.75. The molecule has 0 aliphatic carbocycles. The van der Waals surface area contributed by atoms with Crippen molar-refractivity contribution in [2.45, 2.75) is 57.5 Å². The van der Waals surface area contributed by atoms with E-state index >= 15 is 0 Å². The standard InChI is InChI=1S/C16H22N2O14P2/c1-7-5-18(16(23)17-15(7)22)12-3-9(19)11(30-12)6-28-33(24,25)32-34(26,27)31-13-4-10(20)14(21)8(2)29-13/h5,8-9,11-13,19H,3-4,6H2,1-2H3,(H,24,25)(H,26,27)(H,17,22,23). The Labute approximate surface area is 190 Å². The number of nitrogens with zero attached hydrogens (tertiary/aromatic N) is 1. The Balaban J connectivity index is 1.57. The van der Waals surface area contributed by atoms with E-state index in [0.717, 1.165) is 4.57 Å². The number of carbonyl (C=O) groups is 2. The number of phosphoric acid groups is 2. The molecular weight excluding hydrogens is 506 g/mol. The molecule has 2 saturated heterocycles. The van der Waals surface area contributed by atoms with Crippen LogP contribution >= 0.6 is 15.6 Å². The SMILES string of the molecule is Cc1cn(C2CC(O)C(COP(=O)(O)OP(=O)(O)OC3CC(=O)C(=O)C(C)O3)O2)c(=O)[nH]c1=O. The van der Waals surface area contributed by atoms with Gasteiger partial charge in [0.2, 0.25) is 11.6 Å². The van der Waals surface area contributed by atoms with Gasteiger partial charge in [0.1, 0.15) is 18.4 Å². The maximum absolute atomic E-state index is 12.1. The van der Waals surface area contributed by atoms with Gasteiger partial charge in [-0.15, -0.1) is 0 Å². The van der Waals surface area contributed by atoms with Gasteiger partial charge in [-0.2, -0.15) is 4.31 Å². The molecule has 18 heteroatoms. The molecule has 4 N–H and O–H groups in total. The molecule has 34 heavy (non-hydrogen) atoms. The third-order valence-corrected chi connectivity index (χ3v) is 7.50. The summed E-state index contributed by atoms with van der Waals surface area (Å²) in [6, 6.07) is 0. The zero-order valence-electron chi connectivity index (χ0n) is 17.8. The minimum Gasteiger partial charge on any atom is -0.390 e. The molecule has 0 radical (unpaired) electrons. The van der Waals surface area contributed by atoms with E-state index in [2.05, 4.69) is 18.3 Å². The van der Waals surface area contributed by atoms with Crippen molar-refractivity contribution < 1.29 is 56.4 Å². The number of ketones is 2. The second-order valence-corrected chi connectivity index (χ2v) is 10.5. The molecule has 0 aromatic carbocycles. The smallest absolute Gasteiger partial charge is 0.390 e. The number of aromatic amines is 1. The van der Waals surface area contributed by atoms with E-state index in [1.807, 2.05) is 0 Å². The van der Waals surface area contributed by atoms with Crippen molar-refractivity contribution in [1.82, 2.24) is 9.55 Å². The summed E-state index contributed by atoms with van der Waals surface area (Å²) in [7, 11) is -10.6. The first kappa shape index (κ1) is 26.8. The zero-order valence-corrected chi connectivity index (χ0v) is 19.5. The molecule has 2 fully saturated rings. The molecule has 0 spiro atoms. The predicted molar refractivity (Wildman–Crippen MR) is 107 cm³/mol. The molecule has 1 aromatic rings. The van der Waals surface area contributed by atoms with Crippen LogP contribution in [-0.4, -0.2) is 67.2 Å². The lowest BCUT2D eigenvalue weighted by Gasteiger charge is -2.27. The molecule has 1 aromatic heterocycles. The number of aliphatic hydroxyl groups excluding tert-OH is 1. The van der Waals surface area contributed by atoms with Gasteiger partial charge in [-0.1, -0.05) is 0 Å². The third kappa shape index (κ3) is 6.43. The van der Waals surface area contributed by atoms with E-state index in [9.17, 15) is 43.2 Å². The van der Waals surface area contributed by atoms with Crippen molar-refractivity contribution in [2.24, 2.45) is 0 Å². The highest BCUT2D eigenvalue weighted by atomic mass is 31.3. The average Bonchev–Trinajstić information content (AvgIpc) is 3.06. The summed E-state index contributed by atoms with van der Waals surface area (Å²) in [5.74, 6) is -1.79. The Morgan fingerprint density at radius 2 is 1.85 bits per heavy atom. The van der Waals surface area contributed by atoms with Crippen LogP contribution in [0.1, 0.15) is 31.6 Å². The molecule has 7 unspecified atom stereocenters. The fourth-order valence-electron chi connectivity index (χ4n) is 3.20. The number of nitrogens with one attached hydrogen (secondary N) is 1. The van der Waals surface area contributed by atoms with Gasteiger partial charge in [-0.05, 0) is 13.8 Å². The molecule has 2 aliphatic heterocycles. The minimum absolute atomic E-state index is 0.137. The number of Topliss-reactive ketones (excluding diaryl/α,β-unsaturated/α-hetero) is 2. The Bertz CT molecular complexity index is 1180. The summed E-state index contributed by atoms with van der Waals surface area (Å²) in [5.41, 5.74) is -1.20. The fourth-order valence-corrected chi connectivity index (χ4v) is 5.35. The number of ether oxygens (including phenoxy) is 2. The highest BCUT2D eigenvalue weighted by Gasteiger charge is 2.43. The molecular formula is C16H22N2O14P2. The molecule has 0 saturated carbocycles. The quantitative estimate of drug-likeness (QED) is 0.235. The van der Waals surface area contributed by atoms with Gasteiger partial charge >= 0.3 is 21.3 Å². The van der Waals surface area contributed by atoms with Crippen LogP contribution < -0.4 is 11.2 Å². The molecule has 16 nitrogen and oxygen atoms in total. The van der Waals surface area contributed by atoms with Gasteiger partial charge in [0.15, 0.2) is 6.29 Å². The molecule has 3 heterocycles. The van der Waals surface area contributed by atoms with Crippen LogP contribution in [0, 0.1) is 6.92 Å².